The Hall–Kier alpha value is -2.34. The third kappa shape index (κ3) is 4.61. The molecule has 0 saturated carbocycles. The lowest BCUT2D eigenvalue weighted by Crippen LogP contribution is -2.24. The maximum absolute atomic E-state index is 11.7. The van der Waals surface area contributed by atoms with Gasteiger partial charge in [-0.1, -0.05) is 18.2 Å². The molecule has 0 fully saturated rings. The number of benzene rings is 1. The van der Waals surface area contributed by atoms with Crippen LogP contribution in [0, 0.1) is 0 Å². The van der Waals surface area contributed by atoms with Gasteiger partial charge >= 0.3 is 6.09 Å². The van der Waals surface area contributed by atoms with E-state index in [1.165, 1.54) is 18.4 Å². The van der Waals surface area contributed by atoms with Crippen LogP contribution in [0.1, 0.15) is 15.2 Å². The molecule has 0 aliphatic carbocycles. The molecular formula is C15H16N2O3S. The highest BCUT2D eigenvalue weighted by atomic mass is 32.1. The number of hydrogen-bond acceptors (Lipinski definition) is 4. The summed E-state index contributed by atoms with van der Waals surface area (Å²) in [5.74, 6) is -0.0472. The fourth-order valence-electron chi connectivity index (χ4n) is 1.74. The lowest BCUT2D eigenvalue weighted by atomic mass is 10.1. The van der Waals surface area contributed by atoms with Crippen molar-refractivity contribution in [2.75, 3.05) is 19.0 Å². The van der Waals surface area contributed by atoms with Gasteiger partial charge in [0.2, 0.25) is 0 Å². The molecule has 0 spiro atoms. The van der Waals surface area contributed by atoms with E-state index in [4.69, 9.17) is 0 Å². The minimum Gasteiger partial charge on any atom is -0.453 e. The van der Waals surface area contributed by atoms with Crippen LogP contribution < -0.4 is 10.6 Å². The maximum Gasteiger partial charge on any atom is 0.411 e. The topological polar surface area (TPSA) is 67.4 Å². The molecule has 0 bridgehead atoms. The van der Waals surface area contributed by atoms with Gasteiger partial charge in [-0.2, -0.15) is 0 Å². The minimum atomic E-state index is -0.494. The molecule has 2 aromatic rings. The number of ether oxygens (including phenoxy) is 1. The van der Waals surface area contributed by atoms with Gasteiger partial charge in [0.05, 0.1) is 12.0 Å². The van der Waals surface area contributed by atoms with E-state index in [1.807, 2.05) is 23.6 Å². The normalized spacial score (nSPS) is 9.95. The van der Waals surface area contributed by atoms with Crippen LogP contribution in [0.15, 0.2) is 41.8 Å². The number of amides is 2. The Balaban J connectivity index is 1.78. The van der Waals surface area contributed by atoms with Gasteiger partial charge in [0, 0.05) is 12.2 Å². The number of nitrogens with one attached hydrogen (secondary N) is 2. The van der Waals surface area contributed by atoms with Crippen LogP contribution in [0.2, 0.25) is 0 Å². The zero-order chi connectivity index (χ0) is 15.1. The molecule has 0 radical (unpaired) electrons. The highest BCUT2D eigenvalue weighted by Crippen LogP contribution is 2.11. The molecule has 2 amide bonds. The average molecular weight is 304 g/mol. The number of carbonyl (C=O) groups is 2. The summed E-state index contributed by atoms with van der Waals surface area (Å²) >= 11 is 1.42. The fraction of sp³-hybridized carbons (Fsp3) is 0.200. The van der Waals surface area contributed by atoms with E-state index in [-0.39, 0.29) is 5.91 Å². The summed E-state index contributed by atoms with van der Waals surface area (Å²) in [6.07, 6.45) is 0.237. The van der Waals surface area contributed by atoms with Crippen LogP contribution in [0.3, 0.4) is 0 Å². The molecule has 1 aromatic heterocycles. The molecule has 1 heterocycles. The van der Waals surface area contributed by atoms with Gasteiger partial charge in [-0.15, -0.1) is 11.3 Å². The summed E-state index contributed by atoms with van der Waals surface area (Å²) in [7, 11) is 1.32. The van der Waals surface area contributed by atoms with E-state index in [0.29, 0.717) is 17.1 Å². The molecule has 0 aliphatic heterocycles. The summed E-state index contributed by atoms with van der Waals surface area (Å²) in [6, 6.07) is 11.1. The first-order valence-corrected chi connectivity index (χ1v) is 7.32. The lowest BCUT2D eigenvalue weighted by Gasteiger charge is -2.06. The van der Waals surface area contributed by atoms with E-state index in [1.54, 1.807) is 18.2 Å². The van der Waals surface area contributed by atoms with Crippen molar-refractivity contribution < 1.29 is 14.3 Å². The number of methoxy groups -OCH3 is 1. The van der Waals surface area contributed by atoms with Gasteiger partial charge in [0.15, 0.2) is 0 Å². The summed E-state index contributed by atoms with van der Waals surface area (Å²) < 4.78 is 4.51. The number of carbonyl (C=O) groups excluding carboxylic acids is 2. The maximum atomic E-state index is 11.7. The fourth-order valence-corrected chi connectivity index (χ4v) is 2.38. The smallest absolute Gasteiger partial charge is 0.411 e. The molecule has 0 saturated heterocycles. The van der Waals surface area contributed by atoms with Crippen molar-refractivity contribution in [2.45, 2.75) is 6.42 Å². The van der Waals surface area contributed by atoms with Crippen LogP contribution >= 0.6 is 11.3 Å². The van der Waals surface area contributed by atoms with Gasteiger partial charge in [-0.25, -0.2) is 4.79 Å². The first-order valence-electron chi connectivity index (χ1n) is 6.44. The van der Waals surface area contributed by atoms with Crippen molar-refractivity contribution in [3.63, 3.8) is 0 Å². The Kier molecular flexibility index (Phi) is 5.34. The standard InChI is InChI=1S/C15H16N2O3S/c1-20-15(19)17-12-6-4-11(5-7-12)8-9-16-14(18)13-3-2-10-21-13/h2-7,10H,8-9H2,1H3,(H,16,18)(H,17,19). The third-order valence-electron chi connectivity index (χ3n) is 2.83. The van der Waals surface area contributed by atoms with Crippen molar-refractivity contribution >= 4 is 29.0 Å². The van der Waals surface area contributed by atoms with E-state index >= 15 is 0 Å². The second-order valence-corrected chi connectivity index (χ2v) is 5.24. The molecule has 21 heavy (non-hydrogen) atoms. The van der Waals surface area contributed by atoms with Gasteiger partial charge in [0.25, 0.3) is 5.91 Å². The van der Waals surface area contributed by atoms with Gasteiger partial charge in [0.1, 0.15) is 0 Å². The number of thiophene rings is 1. The number of rotatable bonds is 5. The van der Waals surface area contributed by atoms with E-state index in [0.717, 1.165) is 12.0 Å². The zero-order valence-electron chi connectivity index (χ0n) is 11.6. The number of anilines is 1. The molecule has 5 nitrogen and oxygen atoms in total. The quantitative estimate of drug-likeness (QED) is 0.892. The zero-order valence-corrected chi connectivity index (χ0v) is 12.4. The van der Waals surface area contributed by atoms with Gasteiger partial charge in [-0.05, 0) is 35.6 Å². The summed E-state index contributed by atoms with van der Waals surface area (Å²) in [6.45, 7) is 0.570. The van der Waals surface area contributed by atoms with Crippen molar-refractivity contribution in [2.24, 2.45) is 0 Å². The minimum absolute atomic E-state index is 0.0472. The summed E-state index contributed by atoms with van der Waals surface area (Å²) in [5, 5.41) is 7.33. The summed E-state index contributed by atoms with van der Waals surface area (Å²) in [4.78, 5) is 23.5. The number of hydrogen-bond donors (Lipinski definition) is 2. The first kappa shape index (κ1) is 15.1. The largest absolute Gasteiger partial charge is 0.453 e. The van der Waals surface area contributed by atoms with Crippen LogP contribution in [0.25, 0.3) is 0 Å². The first-order chi connectivity index (χ1) is 10.2. The average Bonchev–Trinajstić information content (AvgIpc) is 3.03. The second-order valence-electron chi connectivity index (χ2n) is 4.30. The van der Waals surface area contributed by atoms with Crippen molar-refractivity contribution in [1.29, 1.82) is 0 Å². The van der Waals surface area contributed by atoms with Crippen molar-refractivity contribution in [3.8, 4) is 0 Å². The second kappa shape index (κ2) is 7.44. The molecule has 0 unspecified atom stereocenters. The lowest BCUT2D eigenvalue weighted by molar-refractivity contribution is 0.0958. The monoisotopic (exact) mass is 304 g/mol. The molecular weight excluding hydrogens is 288 g/mol. The predicted octanol–water partition coefficient (Wildman–Crippen LogP) is 2.90. The Bertz CT molecular complexity index is 594. The molecule has 2 N–H and O–H groups in total. The van der Waals surface area contributed by atoms with E-state index < -0.39 is 6.09 Å². The highest BCUT2D eigenvalue weighted by Gasteiger charge is 2.05. The van der Waals surface area contributed by atoms with Gasteiger partial charge in [-0.3, -0.25) is 10.1 Å². The Morgan fingerprint density at radius 3 is 2.57 bits per heavy atom. The van der Waals surface area contributed by atoms with Crippen LogP contribution in [0.4, 0.5) is 10.5 Å². The highest BCUT2D eigenvalue weighted by molar-refractivity contribution is 7.12. The molecule has 2 rings (SSSR count). The summed E-state index contributed by atoms with van der Waals surface area (Å²) in [5.41, 5.74) is 1.75. The van der Waals surface area contributed by atoms with E-state index in [9.17, 15) is 9.59 Å². The van der Waals surface area contributed by atoms with Crippen LogP contribution in [0.5, 0.6) is 0 Å². The van der Waals surface area contributed by atoms with E-state index in [2.05, 4.69) is 15.4 Å². The van der Waals surface area contributed by atoms with Crippen molar-refractivity contribution in [1.82, 2.24) is 5.32 Å². The van der Waals surface area contributed by atoms with Crippen molar-refractivity contribution in [3.05, 3.63) is 52.2 Å². The molecule has 110 valence electrons. The van der Waals surface area contributed by atoms with Crippen LogP contribution in [-0.2, 0) is 11.2 Å². The van der Waals surface area contributed by atoms with Crippen LogP contribution in [-0.4, -0.2) is 25.7 Å². The third-order valence-corrected chi connectivity index (χ3v) is 3.70. The predicted molar refractivity (Wildman–Crippen MR) is 82.8 cm³/mol. The molecule has 1 aromatic carbocycles. The Morgan fingerprint density at radius 1 is 1.19 bits per heavy atom. The Morgan fingerprint density at radius 2 is 1.95 bits per heavy atom. The Labute approximate surface area is 126 Å². The molecule has 0 aliphatic rings. The molecule has 0 atom stereocenters. The SMILES string of the molecule is COC(=O)Nc1ccc(CCNC(=O)c2cccs2)cc1. The molecule has 6 heteroatoms. The van der Waals surface area contributed by atoms with Gasteiger partial charge < -0.3 is 10.1 Å².